The summed E-state index contributed by atoms with van der Waals surface area (Å²) in [6.07, 6.45) is -0.317. The number of ether oxygens (including phenoxy) is 2. The molecular weight excluding hydrogens is 376 g/mol. The average Bonchev–Trinajstić information content (AvgIpc) is 2.92. The van der Waals surface area contributed by atoms with Crippen LogP contribution in [-0.4, -0.2) is 60.8 Å². The first-order valence-electron chi connectivity index (χ1n) is 8.27. The van der Waals surface area contributed by atoms with Crippen LogP contribution in [-0.2, 0) is 19.1 Å². The Bertz CT molecular complexity index is 790. The van der Waals surface area contributed by atoms with Crippen LogP contribution in [0.2, 0.25) is 5.02 Å². The zero-order chi connectivity index (χ0) is 20.1. The van der Waals surface area contributed by atoms with Crippen LogP contribution < -0.4 is 5.32 Å². The first-order valence-corrected chi connectivity index (χ1v) is 8.65. The molecule has 0 saturated heterocycles. The van der Waals surface area contributed by atoms with E-state index >= 15 is 0 Å². The van der Waals surface area contributed by atoms with Gasteiger partial charge in [-0.2, -0.15) is 0 Å². The van der Waals surface area contributed by atoms with E-state index in [2.05, 4.69) is 5.32 Å². The van der Waals surface area contributed by atoms with Crippen LogP contribution in [0, 0.1) is 0 Å². The number of hydrogen-bond acceptors (Lipinski definition) is 7. The van der Waals surface area contributed by atoms with Gasteiger partial charge >= 0.3 is 11.9 Å². The Kier molecular flexibility index (Phi) is 6.81. The van der Waals surface area contributed by atoms with Gasteiger partial charge in [0.25, 0.3) is 5.91 Å². The maximum Gasteiger partial charge on any atom is 0.339 e. The summed E-state index contributed by atoms with van der Waals surface area (Å²) in [5.74, 6) is -1.70. The van der Waals surface area contributed by atoms with Crippen molar-refractivity contribution in [1.82, 2.24) is 4.90 Å². The molecule has 27 heavy (non-hydrogen) atoms. The van der Waals surface area contributed by atoms with Gasteiger partial charge in [-0.25, -0.2) is 9.59 Å². The molecule has 1 aliphatic heterocycles. The van der Waals surface area contributed by atoms with Crippen molar-refractivity contribution in [3.63, 3.8) is 0 Å². The number of aliphatic hydroxyl groups is 1. The number of rotatable bonds is 7. The van der Waals surface area contributed by atoms with E-state index in [1.165, 1.54) is 24.1 Å². The van der Waals surface area contributed by atoms with Gasteiger partial charge in [0, 0.05) is 12.2 Å². The normalized spacial score (nSPS) is 14.0. The fourth-order valence-corrected chi connectivity index (χ4v) is 2.73. The third-order valence-electron chi connectivity index (χ3n) is 3.75. The Morgan fingerprint density at radius 1 is 1.33 bits per heavy atom. The Morgan fingerprint density at radius 2 is 2.04 bits per heavy atom. The van der Waals surface area contributed by atoms with Crippen LogP contribution in [0.3, 0.4) is 0 Å². The molecule has 0 atom stereocenters. The highest BCUT2D eigenvalue weighted by molar-refractivity contribution is 6.33. The molecule has 9 heteroatoms. The first kappa shape index (κ1) is 20.7. The van der Waals surface area contributed by atoms with Gasteiger partial charge in [-0.15, -0.1) is 0 Å². The molecule has 2 N–H and O–H groups in total. The van der Waals surface area contributed by atoms with E-state index in [-0.39, 0.29) is 47.7 Å². The van der Waals surface area contributed by atoms with Crippen molar-refractivity contribution in [3.05, 3.63) is 40.1 Å². The quantitative estimate of drug-likeness (QED) is 0.674. The summed E-state index contributed by atoms with van der Waals surface area (Å²) in [6.45, 7) is 3.30. The fraction of sp³-hybridized carbons (Fsp3) is 0.389. The van der Waals surface area contributed by atoms with Crippen LogP contribution in [0.15, 0.2) is 29.5 Å². The maximum absolute atomic E-state index is 12.5. The summed E-state index contributed by atoms with van der Waals surface area (Å²) in [5, 5.41) is 12.1. The van der Waals surface area contributed by atoms with Crippen molar-refractivity contribution < 1.29 is 29.0 Å². The molecule has 1 heterocycles. The van der Waals surface area contributed by atoms with Crippen LogP contribution in [0.4, 0.5) is 5.69 Å². The molecule has 0 bridgehead atoms. The van der Waals surface area contributed by atoms with Gasteiger partial charge in [0.05, 0.1) is 42.5 Å². The van der Waals surface area contributed by atoms with Crippen LogP contribution in [0.1, 0.15) is 24.2 Å². The largest absolute Gasteiger partial charge is 0.466 e. The van der Waals surface area contributed by atoms with Gasteiger partial charge < -0.3 is 24.8 Å². The van der Waals surface area contributed by atoms with E-state index in [0.29, 0.717) is 5.69 Å². The van der Waals surface area contributed by atoms with E-state index in [0.717, 1.165) is 0 Å². The van der Waals surface area contributed by atoms with Gasteiger partial charge in [-0.3, -0.25) is 4.79 Å². The average molecular weight is 397 g/mol. The number of anilines is 1. The Balaban J connectivity index is 2.34. The molecule has 0 aromatic heterocycles. The minimum absolute atomic E-state index is 0.0181. The number of methoxy groups -OCH3 is 1. The van der Waals surface area contributed by atoms with Gasteiger partial charge in [0.15, 0.2) is 0 Å². The number of nitrogens with zero attached hydrogens (tertiary/aromatic N) is 1. The lowest BCUT2D eigenvalue weighted by Gasteiger charge is -2.15. The predicted octanol–water partition coefficient (Wildman–Crippen LogP) is 1.58. The molecule has 0 fully saturated rings. The number of hydrogen-bond donors (Lipinski definition) is 2. The summed E-state index contributed by atoms with van der Waals surface area (Å²) < 4.78 is 9.88. The van der Waals surface area contributed by atoms with Gasteiger partial charge in [0.1, 0.15) is 5.70 Å². The monoisotopic (exact) mass is 396 g/mol. The second-order valence-electron chi connectivity index (χ2n) is 6.07. The Labute approximate surface area is 161 Å². The number of benzene rings is 1. The predicted molar refractivity (Wildman–Crippen MR) is 98.3 cm³/mol. The van der Waals surface area contributed by atoms with Crippen LogP contribution >= 0.6 is 11.6 Å². The lowest BCUT2D eigenvalue weighted by Crippen LogP contribution is -2.31. The third-order valence-corrected chi connectivity index (χ3v) is 4.08. The van der Waals surface area contributed by atoms with E-state index in [4.69, 9.17) is 26.2 Å². The van der Waals surface area contributed by atoms with Crippen LogP contribution in [0.5, 0.6) is 0 Å². The van der Waals surface area contributed by atoms with E-state index in [1.54, 1.807) is 19.9 Å². The lowest BCUT2D eigenvalue weighted by molar-refractivity contribution is -0.136. The van der Waals surface area contributed by atoms with Gasteiger partial charge in [-0.1, -0.05) is 11.6 Å². The molecule has 2 rings (SSSR count). The first-order chi connectivity index (χ1) is 12.8. The van der Waals surface area contributed by atoms with Gasteiger partial charge in [0.2, 0.25) is 0 Å². The highest BCUT2D eigenvalue weighted by atomic mass is 35.5. The van der Waals surface area contributed by atoms with Crippen molar-refractivity contribution in [1.29, 1.82) is 0 Å². The number of carbonyl (C=O) groups excluding carboxylic acids is 3. The van der Waals surface area contributed by atoms with Crippen molar-refractivity contribution in [2.45, 2.75) is 20.0 Å². The number of amides is 1. The van der Waals surface area contributed by atoms with E-state index < -0.39 is 17.8 Å². The second kappa shape index (κ2) is 8.88. The SMILES string of the molecule is COC(=O)C1=C(Nc2ccc(Cl)c(C(=O)OC(C)C)c2)C(=O)N(CCO)C1. The summed E-state index contributed by atoms with van der Waals surface area (Å²) in [6, 6.07) is 4.50. The molecular formula is C18H21ClN2O6. The van der Waals surface area contributed by atoms with Crippen molar-refractivity contribution >= 4 is 35.1 Å². The van der Waals surface area contributed by atoms with Crippen LogP contribution in [0.25, 0.3) is 0 Å². The number of carbonyl (C=O) groups is 3. The maximum atomic E-state index is 12.5. The molecule has 0 unspecified atom stereocenters. The molecule has 0 radical (unpaired) electrons. The molecule has 1 amide bonds. The van der Waals surface area contributed by atoms with Crippen molar-refractivity contribution in [2.75, 3.05) is 32.1 Å². The molecule has 1 aromatic rings. The summed E-state index contributed by atoms with van der Waals surface area (Å²) >= 11 is 6.07. The molecule has 8 nitrogen and oxygen atoms in total. The highest BCUT2D eigenvalue weighted by Crippen LogP contribution is 2.26. The van der Waals surface area contributed by atoms with E-state index in [1.807, 2.05) is 0 Å². The summed E-state index contributed by atoms with van der Waals surface area (Å²) in [5.41, 5.74) is 0.678. The standard InChI is InChI=1S/C18H21ClN2O6/c1-10(2)27-18(25)12-8-11(4-5-14(12)19)20-15-13(17(24)26-3)9-21(6-7-22)16(15)23/h4-5,8,10,20,22H,6-7,9H2,1-3H3. The summed E-state index contributed by atoms with van der Waals surface area (Å²) in [7, 11) is 1.22. The summed E-state index contributed by atoms with van der Waals surface area (Å²) in [4.78, 5) is 38.0. The smallest absolute Gasteiger partial charge is 0.339 e. The Hall–Kier alpha value is -2.58. The lowest BCUT2D eigenvalue weighted by atomic mass is 10.1. The number of nitrogens with one attached hydrogen (secondary N) is 1. The molecule has 1 aliphatic rings. The van der Waals surface area contributed by atoms with Crippen molar-refractivity contribution in [3.8, 4) is 0 Å². The minimum Gasteiger partial charge on any atom is -0.466 e. The Morgan fingerprint density at radius 3 is 2.63 bits per heavy atom. The molecule has 1 aromatic carbocycles. The number of β-amino-alcohol motifs (C(OH)–C–C–N with tert-alkyl or cyclic N) is 1. The minimum atomic E-state index is -0.653. The van der Waals surface area contributed by atoms with Crippen molar-refractivity contribution in [2.24, 2.45) is 0 Å². The highest BCUT2D eigenvalue weighted by Gasteiger charge is 2.34. The van der Waals surface area contributed by atoms with Gasteiger partial charge in [-0.05, 0) is 32.0 Å². The molecule has 146 valence electrons. The topological polar surface area (TPSA) is 105 Å². The molecule has 0 saturated carbocycles. The second-order valence-corrected chi connectivity index (χ2v) is 6.48. The molecule has 0 aliphatic carbocycles. The third kappa shape index (κ3) is 4.78. The molecule has 0 spiro atoms. The van der Waals surface area contributed by atoms with E-state index in [9.17, 15) is 14.4 Å². The fourth-order valence-electron chi connectivity index (χ4n) is 2.53. The number of halogens is 1. The zero-order valence-electron chi connectivity index (χ0n) is 15.2. The zero-order valence-corrected chi connectivity index (χ0v) is 16.0. The number of aliphatic hydroxyl groups excluding tert-OH is 1. The number of esters is 2.